The van der Waals surface area contributed by atoms with Gasteiger partial charge in [0, 0.05) is 31.0 Å². The summed E-state index contributed by atoms with van der Waals surface area (Å²) in [5, 5.41) is 2.95. The molecule has 4 rings (SSSR count). The predicted molar refractivity (Wildman–Crippen MR) is 131 cm³/mol. The molecule has 0 bridgehead atoms. The van der Waals surface area contributed by atoms with Crippen molar-refractivity contribution in [3.63, 3.8) is 0 Å². The number of rotatable bonds is 7. The Labute approximate surface area is 194 Å². The molecule has 1 N–H and O–H groups in total. The van der Waals surface area contributed by atoms with Crippen LogP contribution in [0.25, 0.3) is 0 Å². The van der Waals surface area contributed by atoms with E-state index in [9.17, 15) is 9.59 Å². The van der Waals surface area contributed by atoms with E-state index < -0.39 is 0 Å². The molecular formula is C27H29N3O3. The summed E-state index contributed by atoms with van der Waals surface area (Å²) in [6.07, 6.45) is 1.16. The number of nitrogens with one attached hydrogen (secondary N) is 1. The molecule has 0 radical (unpaired) electrons. The van der Waals surface area contributed by atoms with Crippen molar-refractivity contribution in [1.82, 2.24) is 4.90 Å². The van der Waals surface area contributed by atoms with E-state index in [2.05, 4.69) is 24.4 Å². The topological polar surface area (TPSA) is 61.9 Å². The van der Waals surface area contributed by atoms with Crippen LogP contribution in [0.15, 0.2) is 72.8 Å². The summed E-state index contributed by atoms with van der Waals surface area (Å²) in [7, 11) is 1.61. The number of hydrogen-bond donors (Lipinski definition) is 1. The summed E-state index contributed by atoms with van der Waals surface area (Å²) in [6.45, 7) is 4.06. The molecule has 3 aromatic rings. The van der Waals surface area contributed by atoms with Gasteiger partial charge in [0.2, 0.25) is 5.91 Å². The van der Waals surface area contributed by atoms with E-state index in [4.69, 9.17) is 4.74 Å². The average Bonchev–Trinajstić information content (AvgIpc) is 2.82. The largest absolute Gasteiger partial charge is 0.497 e. The number of methoxy groups -OCH3 is 1. The number of anilines is 2. The Balaban J connectivity index is 1.42. The Morgan fingerprint density at radius 3 is 2.55 bits per heavy atom. The molecule has 6 heteroatoms. The first-order valence-electron chi connectivity index (χ1n) is 11.2. The highest BCUT2D eigenvalue weighted by Crippen LogP contribution is 2.25. The number of nitrogens with zero attached hydrogens (tertiary/aromatic N) is 2. The van der Waals surface area contributed by atoms with Crippen molar-refractivity contribution in [2.24, 2.45) is 0 Å². The first kappa shape index (κ1) is 22.4. The summed E-state index contributed by atoms with van der Waals surface area (Å²) in [4.78, 5) is 29.4. The zero-order valence-corrected chi connectivity index (χ0v) is 19.1. The summed E-state index contributed by atoms with van der Waals surface area (Å²) >= 11 is 0. The molecule has 1 saturated heterocycles. The Morgan fingerprint density at radius 1 is 1.00 bits per heavy atom. The first-order chi connectivity index (χ1) is 16.0. The highest BCUT2D eigenvalue weighted by Gasteiger charge is 2.27. The van der Waals surface area contributed by atoms with E-state index in [-0.39, 0.29) is 18.4 Å². The molecular weight excluding hydrogens is 414 g/mol. The number of hydrogen-bond acceptors (Lipinski definition) is 3. The van der Waals surface area contributed by atoms with Crippen LogP contribution in [0.2, 0.25) is 0 Å². The van der Waals surface area contributed by atoms with Crippen molar-refractivity contribution in [2.45, 2.75) is 26.3 Å². The van der Waals surface area contributed by atoms with Gasteiger partial charge in [-0.05, 0) is 60.4 Å². The average molecular weight is 444 g/mol. The maximum atomic E-state index is 13.2. The Hall–Kier alpha value is -3.80. The second-order valence-electron chi connectivity index (χ2n) is 8.26. The quantitative estimate of drug-likeness (QED) is 0.558. The van der Waals surface area contributed by atoms with Crippen molar-refractivity contribution in [3.8, 4) is 5.75 Å². The number of amides is 3. The van der Waals surface area contributed by atoms with Crippen LogP contribution in [-0.2, 0) is 17.8 Å². The third kappa shape index (κ3) is 5.52. The Bertz CT molecular complexity index is 1130. The van der Waals surface area contributed by atoms with Gasteiger partial charge in [-0.1, -0.05) is 42.5 Å². The number of carbonyl (C=O) groups excluding carboxylic acids is 2. The van der Waals surface area contributed by atoms with E-state index in [1.54, 1.807) is 12.0 Å². The number of aryl methyl sites for hydroxylation is 1. The van der Waals surface area contributed by atoms with E-state index in [0.29, 0.717) is 18.8 Å². The fourth-order valence-corrected chi connectivity index (χ4v) is 4.05. The fourth-order valence-electron chi connectivity index (χ4n) is 4.05. The van der Waals surface area contributed by atoms with Crippen molar-refractivity contribution in [1.29, 1.82) is 0 Å². The van der Waals surface area contributed by atoms with E-state index in [1.165, 1.54) is 5.56 Å². The smallest absolute Gasteiger partial charge is 0.324 e. The van der Waals surface area contributed by atoms with Gasteiger partial charge in [-0.2, -0.15) is 0 Å². The van der Waals surface area contributed by atoms with E-state index >= 15 is 0 Å². The molecule has 0 saturated carbocycles. The molecule has 0 aromatic heterocycles. The van der Waals surface area contributed by atoms with Crippen LogP contribution in [-0.4, -0.2) is 37.0 Å². The fraction of sp³-hybridized carbons (Fsp3) is 0.259. The van der Waals surface area contributed by atoms with E-state index in [0.717, 1.165) is 35.5 Å². The van der Waals surface area contributed by atoms with Gasteiger partial charge in [0.05, 0.1) is 13.5 Å². The van der Waals surface area contributed by atoms with Crippen LogP contribution in [0.4, 0.5) is 16.2 Å². The van der Waals surface area contributed by atoms with Crippen LogP contribution in [0.5, 0.6) is 5.75 Å². The van der Waals surface area contributed by atoms with Gasteiger partial charge in [-0.3, -0.25) is 9.69 Å². The molecule has 0 atom stereocenters. The van der Waals surface area contributed by atoms with Crippen LogP contribution in [0, 0.1) is 6.92 Å². The van der Waals surface area contributed by atoms with Crippen LogP contribution in [0.3, 0.4) is 0 Å². The molecule has 170 valence electrons. The number of benzene rings is 3. The summed E-state index contributed by atoms with van der Waals surface area (Å²) in [5.41, 5.74) is 4.71. The Morgan fingerprint density at radius 2 is 1.79 bits per heavy atom. The molecule has 1 aliphatic rings. The van der Waals surface area contributed by atoms with Crippen molar-refractivity contribution >= 4 is 23.3 Å². The molecule has 0 spiro atoms. The standard InChI is InChI=1S/C27H29N3O3/c1-20-7-3-4-8-22(20)19-29-15-6-16-30(27(29)32)24-10-5-9-23(18-24)28-26(31)17-21-11-13-25(33-2)14-12-21/h3-5,7-14,18H,6,15-17,19H2,1-2H3,(H,28,31). The van der Waals surface area contributed by atoms with Gasteiger partial charge < -0.3 is 15.0 Å². The lowest BCUT2D eigenvalue weighted by molar-refractivity contribution is -0.115. The summed E-state index contributed by atoms with van der Waals surface area (Å²) < 4.78 is 5.16. The highest BCUT2D eigenvalue weighted by molar-refractivity contribution is 5.95. The first-order valence-corrected chi connectivity index (χ1v) is 11.2. The predicted octanol–water partition coefficient (Wildman–Crippen LogP) is 5.02. The molecule has 1 heterocycles. The number of ether oxygens (including phenoxy) is 1. The maximum absolute atomic E-state index is 13.2. The second kappa shape index (κ2) is 10.2. The highest BCUT2D eigenvalue weighted by atomic mass is 16.5. The molecule has 33 heavy (non-hydrogen) atoms. The number of urea groups is 1. The van der Waals surface area contributed by atoms with Crippen molar-refractivity contribution in [2.75, 3.05) is 30.4 Å². The number of carbonyl (C=O) groups is 2. The Kier molecular flexibility index (Phi) is 6.93. The molecule has 3 amide bonds. The molecule has 3 aromatic carbocycles. The normalized spacial score (nSPS) is 13.7. The summed E-state index contributed by atoms with van der Waals surface area (Å²) in [6, 6.07) is 23.1. The van der Waals surface area contributed by atoms with Crippen LogP contribution >= 0.6 is 0 Å². The molecule has 1 fully saturated rings. The van der Waals surface area contributed by atoms with Gasteiger partial charge in [0.15, 0.2) is 0 Å². The third-order valence-electron chi connectivity index (χ3n) is 5.90. The van der Waals surface area contributed by atoms with Gasteiger partial charge in [-0.25, -0.2) is 4.79 Å². The molecule has 0 unspecified atom stereocenters. The van der Waals surface area contributed by atoms with Crippen molar-refractivity contribution < 1.29 is 14.3 Å². The minimum absolute atomic E-state index is 0.00814. The second-order valence-corrected chi connectivity index (χ2v) is 8.26. The zero-order chi connectivity index (χ0) is 23.2. The van der Waals surface area contributed by atoms with Crippen molar-refractivity contribution in [3.05, 3.63) is 89.5 Å². The minimum atomic E-state index is -0.108. The monoisotopic (exact) mass is 443 g/mol. The molecule has 0 aliphatic carbocycles. The SMILES string of the molecule is COc1ccc(CC(=O)Nc2cccc(N3CCCN(Cc4ccccc4C)C3=O)c2)cc1. The van der Waals surface area contributed by atoms with Gasteiger partial charge >= 0.3 is 6.03 Å². The van der Waals surface area contributed by atoms with Gasteiger partial charge in [0.1, 0.15) is 5.75 Å². The van der Waals surface area contributed by atoms with E-state index in [1.807, 2.05) is 65.6 Å². The van der Waals surface area contributed by atoms with Crippen LogP contribution in [0.1, 0.15) is 23.1 Å². The lowest BCUT2D eigenvalue weighted by atomic mass is 10.1. The zero-order valence-electron chi connectivity index (χ0n) is 19.1. The van der Waals surface area contributed by atoms with Gasteiger partial charge in [0.25, 0.3) is 0 Å². The van der Waals surface area contributed by atoms with Crippen LogP contribution < -0.4 is 15.0 Å². The molecule has 6 nitrogen and oxygen atoms in total. The lowest BCUT2D eigenvalue weighted by Crippen LogP contribution is -2.49. The third-order valence-corrected chi connectivity index (χ3v) is 5.90. The lowest BCUT2D eigenvalue weighted by Gasteiger charge is -2.36. The minimum Gasteiger partial charge on any atom is -0.497 e. The maximum Gasteiger partial charge on any atom is 0.324 e. The molecule has 1 aliphatic heterocycles. The summed E-state index contributed by atoms with van der Waals surface area (Å²) in [5.74, 6) is 0.651. The van der Waals surface area contributed by atoms with Gasteiger partial charge in [-0.15, -0.1) is 0 Å².